The van der Waals surface area contributed by atoms with E-state index in [9.17, 15) is 4.79 Å². The second-order valence-electron chi connectivity index (χ2n) is 6.46. The van der Waals surface area contributed by atoms with E-state index in [4.69, 9.17) is 9.47 Å². The third-order valence-corrected chi connectivity index (χ3v) is 4.61. The van der Waals surface area contributed by atoms with E-state index in [1.54, 1.807) is 11.8 Å². The number of amides is 1. The summed E-state index contributed by atoms with van der Waals surface area (Å²) in [5.74, 6) is 0.512. The van der Waals surface area contributed by atoms with E-state index in [1.807, 2.05) is 55.5 Å². The smallest absolute Gasteiger partial charge is 0.278 e. The van der Waals surface area contributed by atoms with Crippen LogP contribution in [0.4, 0.5) is 5.69 Å². The average molecular weight is 364 g/mol. The number of benzene rings is 2. The van der Waals surface area contributed by atoms with Crippen molar-refractivity contribution in [3.63, 3.8) is 0 Å². The molecule has 1 aliphatic rings. The molecular formula is C20H20N4O3. The van der Waals surface area contributed by atoms with E-state index in [0.717, 1.165) is 22.6 Å². The molecule has 7 nitrogen and oxygen atoms in total. The van der Waals surface area contributed by atoms with Crippen LogP contribution in [-0.4, -0.2) is 28.0 Å². The molecule has 1 atom stereocenters. The minimum absolute atomic E-state index is 0.141. The lowest BCUT2D eigenvalue weighted by Gasteiger charge is -2.24. The van der Waals surface area contributed by atoms with Crippen molar-refractivity contribution >= 4 is 11.6 Å². The summed E-state index contributed by atoms with van der Waals surface area (Å²) in [4.78, 5) is 12.6. The number of nitrogens with one attached hydrogen (secondary N) is 1. The quantitative estimate of drug-likeness (QED) is 0.770. The van der Waals surface area contributed by atoms with Crippen molar-refractivity contribution in [1.82, 2.24) is 15.0 Å². The predicted molar refractivity (Wildman–Crippen MR) is 99.7 cm³/mol. The van der Waals surface area contributed by atoms with Crippen LogP contribution >= 0.6 is 0 Å². The summed E-state index contributed by atoms with van der Waals surface area (Å²) in [6.07, 6.45) is -0.141. The molecule has 0 aliphatic carbocycles. The first-order valence-electron chi connectivity index (χ1n) is 8.70. The predicted octanol–water partition coefficient (Wildman–Crippen LogP) is 3.12. The van der Waals surface area contributed by atoms with Crippen molar-refractivity contribution in [2.45, 2.75) is 26.2 Å². The van der Waals surface area contributed by atoms with Crippen molar-refractivity contribution in [3.05, 3.63) is 71.0 Å². The highest BCUT2D eigenvalue weighted by molar-refractivity contribution is 6.03. The summed E-state index contributed by atoms with van der Waals surface area (Å²) in [5, 5.41) is 11.1. The molecule has 1 aromatic heterocycles. The Kier molecular flexibility index (Phi) is 4.60. The summed E-state index contributed by atoms with van der Waals surface area (Å²) in [6.45, 7) is 2.78. The van der Waals surface area contributed by atoms with Crippen LogP contribution in [0.1, 0.15) is 33.4 Å². The van der Waals surface area contributed by atoms with Crippen LogP contribution in [0.25, 0.3) is 0 Å². The van der Waals surface area contributed by atoms with Gasteiger partial charge in [-0.2, -0.15) is 0 Å². The van der Waals surface area contributed by atoms with Gasteiger partial charge in [0.1, 0.15) is 11.9 Å². The molecule has 1 unspecified atom stereocenters. The van der Waals surface area contributed by atoms with Gasteiger partial charge in [-0.3, -0.25) is 4.79 Å². The molecule has 0 spiro atoms. The number of anilines is 1. The summed E-state index contributed by atoms with van der Waals surface area (Å²) in [7, 11) is 1.64. The lowest BCUT2D eigenvalue weighted by atomic mass is 10.1. The fraction of sp³-hybridized carbons (Fsp3) is 0.250. The van der Waals surface area contributed by atoms with Crippen molar-refractivity contribution in [3.8, 4) is 5.75 Å². The zero-order valence-corrected chi connectivity index (χ0v) is 15.2. The maximum absolute atomic E-state index is 12.6. The maximum Gasteiger partial charge on any atom is 0.278 e. The molecule has 3 aromatic rings. The molecule has 1 amide bonds. The number of rotatable bonds is 4. The van der Waals surface area contributed by atoms with Gasteiger partial charge in [0.15, 0.2) is 5.69 Å². The van der Waals surface area contributed by atoms with Gasteiger partial charge in [-0.05, 0) is 36.8 Å². The molecule has 2 heterocycles. The highest BCUT2D eigenvalue weighted by atomic mass is 16.5. The summed E-state index contributed by atoms with van der Waals surface area (Å²) in [5.41, 5.74) is 3.86. The van der Waals surface area contributed by atoms with E-state index >= 15 is 0 Å². The number of aromatic nitrogens is 3. The zero-order chi connectivity index (χ0) is 18.8. The number of methoxy groups -OCH3 is 1. The fourth-order valence-corrected chi connectivity index (χ4v) is 3.04. The summed E-state index contributed by atoms with van der Waals surface area (Å²) >= 11 is 0. The molecule has 2 aromatic carbocycles. The molecule has 0 saturated carbocycles. The molecule has 1 aliphatic heterocycles. The third-order valence-electron chi connectivity index (χ3n) is 4.61. The second kappa shape index (κ2) is 7.20. The first-order chi connectivity index (χ1) is 13.1. The summed E-state index contributed by atoms with van der Waals surface area (Å²) in [6, 6.07) is 15.3. The van der Waals surface area contributed by atoms with Crippen molar-refractivity contribution in [1.29, 1.82) is 0 Å². The lowest BCUT2D eigenvalue weighted by Crippen LogP contribution is -2.24. The van der Waals surface area contributed by atoms with Gasteiger partial charge in [-0.1, -0.05) is 35.0 Å². The third kappa shape index (κ3) is 3.54. The Hall–Kier alpha value is -3.19. The van der Waals surface area contributed by atoms with E-state index < -0.39 is 0 Å². The first-order valence-corrected chi connectivity index (χ1v) is 8.70. The van der Waals surface area contributed by atoms with Gasteiger partial charge in [-0.25, -0.2) is 4.68 Å². The molecule has 27 heavy (non-hydrogen) atoms. The van der Waals surface area contributed by atoms with Crippen LogP contribution in [0.5, 0.6) is 5.75 Å². The average Bonchev–Trinajstić information content (AvgIpc) is 3.13. The Morgan fingerprint density at radius 2 is 1.93 bits per heavy atom. The Balaban J connectivity index is 1.49. The van der Waals surface area contributed by atoms with Gasteiger partial charge < -0.3 is 14.8 Å². The van der Waals surface area contributed by atoms with E-state index in [2.05, 4.69) is 15.6 Å². The van der Waals surface area contributed by atoms with Crippen LogP contribution in [0.2, 0.25) is 0 Å². The van der Waals surface area contributed by atoms with Gasteiger partial charge in [0.2, 0.25) is 0 Å². The van der Waals surface area contributed by atoms with Crippen LogP contribution in [0, 0.1) is 6.92 Å². The number of nitrogens with zero attached hydrogens (tertiary/aromatic N) is 3. The normalized spacial score (nSPS) is 15.9. The topological polar surface area (TPSA) is 78.3 Å². The van der Waals surface area contributed by atoms with Crippen LogP contribution in [0.3, 0.4) is 0 Å². The number of ether oxygens (including phenoxy) is 2. The molecule has 138 valence electrons. The Labute approximate surface area is 156 Å². The number of carbonyl (C=O) groups is 1. The molecule has 7 heteroatoms. The van der Waals surface area contributed by atoms with Gasteiger partial charge in [-0.15, -0.1) is 5.10 Å². The minimum Gasteiger partial charge on any atom is -0.497 e. The van der Waals surface area contributed by atoms with Crippen molar-refractivity contribution in [2.24, 2.45) is 0 Å². The molecule has 0 saturated heterocycles. The summed E-state index contributed by atoms with van der Waals surface area (Å²) < 4.78 is 12.9. The standard InChI is InChI=1S/C20H20N4O3/c1-13-3-7-15(8-4-13)21-20(25)19-17-12-27-18(11-24(17)23-22-19)14-5-9-16(26-2)10-6-14/h3-10,18H,11-12H2,1-2H3,(H,21,25). The fourth-order valence-electron chi connectivity index (χ4n) is 3.04. The molecule has 0 fully saturated rings. The van der Waals surface area contributed by atoms with E-state index in [-0.39, 0.29) is 18.6 Å². The SMILES string of the molecule is COc1ccc(C2Cn3nnc(C(=O)Nc4ccc(C)cc4)c3CO2)cc1. The highest BCUT2D eigenvalue weighted by Crippen LogP contribution is 2.28. The van der Waals surface area contributed by atoms with Gasteiger partial charge in [0, 0.05) is 5.69 Å². The zero-order valence-electron chi connectivity index (χ0n) is 15.2. The monoisotopic (exact) mass is 364 g/mol. The molecule has 4 rings (SSSR count). The molecule has 0 radical (unpaired) electrons. The number of hydrogen-bond acceptors (Lipinski definition) is 5. The maximum atomic E-state index is 12.6. The number of fused-ring (bicyclic) bond motifs is 1. The molecular weight excluding hydrogens is 344 g/mol. The number of carbonyl (C=O) groups excluding carboxylic acids is 1. The van der Waals surface area contributed by atoms with Crippen LogP contribution in [0.15, 0.2) is 48.5 Å². The Morgan fingerprint density at radius 3 is 2.63 bits per heavy atom. The van der Waals surface area contributed by atoms with E-state index in [1.165, 1.54) is 0 Å². The molecule has 0 bridgehead atoms. The lowest BCUT2D eigenvalue weighted by molar-refractivity contribution is -0.00173. The number of aryl methyl sites for hydroxylation is 1. The Morgan fingerprint density at radius 1 is 1.19 bits per heavy atom. The van der Waals surface area contributed by atoms with E-state index in [0.29, 0.717) is 17.9 Å². The number of hydrogen-bond donors (Lipinski definition) is 1. The van der Waals surface area contributed by atoms with Crippen molar-refractivity contribution in [2.75, 3.05) is 12.4 Å². The Bertz CT molecular complexity index is 948. The molecule has 1 N–H and O–H groups in total. The second-order valence-corrected chi connectivity index (χ2v) is 6.46. The van der Waals surface area contributed by atoms with Crippen molar-refractivity contribution < 1.29 is 14.3 Å². The largest absolute Gasteiger partial charge is 0.497 e. The van der Waals surface area contributed by atoms with Gasteiger partial charge in [0.05, 0.1) is 26.0 Å². The minimum atomic E-state index is -0.286. The van der Waals surface area contributed by atoms with Crippen LogP contribution < -0.4 is 10.1 Å². The first kappa shape index (κ1) is 17.2. The van der Waals surface area contributed by atoms with Crippen LogP contribution in [-0.2, 0) is 17.9 Å². The van der Waals surface area contributed by atoms with Gasteiger partial charge >= 0.3 is 0 Å². The highest BCUT2D eigenvalue weighted by Gasteiger charge is 2.27. The van der Waals surface area contributed by atoms with Gasteiger partial charge in [0.25, 0.3) is 5.91 Å².